The van der Waals surface area contributed by atoms with Gasteiger partial charge in [0.15, 0.2) is 6.29 Å². The van der Waals surface area contributed by atoms with E-state index in [4.69, 9.17) is 9.47 Å². The number of aliphatic hydroxyl groups excluding tert-OH is 6. The number of aliphatic hydroxyl groups is 6. The summed E-state index contributed by atoms with van der Waals surface area (Å²) in [5.74, 6) is -0.582. The van der Waals surface area contributed by atoms with Crippen LogP contribution in [0.4, 0.5) is 0 Å². The second-order valence-corrected chi connectivity index (χ2v) is 19.5. The van der Waals surface area contributed by atoms with Gasteiger partial charge in [0.25, 0.3) is 0 Å². The van der Waals surface area contributed by atoms with Gasteiger partial charge in [0.05, 0.1) is 25.4 Å². The number of carbonyl (C=O) groups is 1. The largest absolute Gasteiger partial charge is 0.394 e. The summed E-state index contributed by atoms with van der Waals surface area (Å²) in [5, 5.41) is 65.0. The molecular weight excluding hydrogens is 807 g/mol. The van der Waals surface area contributed by atoms with Crippen molar-refractivity contribution in [3.05, 3.63) is 12.2 Å². The van der Waals surface area contributed by atoms with Crippen LogP contribution in [-0.4, -0.2) is 98.7 Å². The molecule has 0 aromatic heterocycles. The predicted molar refractivity (Wildman–Crippen MR) is 264 cm³/mol. The number of rotatable bonds is 47. The summed E-state index contributed by atoms with van der Waals surface area (Å²) in [4.78, 5) is 13.1. The van der Waals surface area contributed by atoms with Gasteiger partial charge >= 0.3 is 0 Å². The van der Waals surface area contributed by atoms with Crippen molar-refractivity contribution in [2.75, 3.05) is 13.2 Å². The molecule has 1 fully saturated rings. The highest BCUT2D eigenvalue weighted by Crippen LogP contribution is 2.23. The Labute approximate surface area is 393 Å². The third-order valence-electron chi connectivity index (χ3n) is 13.5. The van der Waals surface area contributed by atoms with E-state index in [-0.39, 0.29) is 6.61 Å². The Kier molecular flexibility index (Phi) is 42.3. The fourth-order valence-electron chi connectivity index (χ4n) is 8.99. The van der Waals surface area contributed by atoms with Gasteiger partial charge in [-0.25, -0.2) is 0 Å². The third-order valence-corrected chi connectivity index (χ3v) is 13.5. The summed E-state index contributed by atoms with van der Waals surface area (Å²) in [6.45, 7) is 3.69. The van der Waals surface area contributed by atoms with E-state index in [1.54, 1.807) is 0 Å². The first-order valence-electron chi connectivity index (χ1n) is 27.5. The number of carbonyl (C=O) groups excluding carboxylic acids is 1. The molecule has 64 heavy (non-hydrogen) atoms. The summed E-state index contributed by atoms with van der Waals surface area (Å²) in [6, 6.07) is -0.891. The number of unbranched alkanes of at least 4 members (excludes halogenated alkanes) is 34. The van der Waals surface area contributed by atoms with E-state index in [2.05, 4.69) is 31.3 Å². The molecule has 0 aromatic rings. The fraction of sp³-hybridized carbons (Fsp3) is 0.944. The Hall–Kier alpha value is -1.11. The van der Waals surface area contributed by atoms with Gasteiger partial charge in [-0.2, -0.15) is 0 Å². The third kappa shape index (κ3) is 33.4. The molecule has 380 valence electrons. The van der Waals surface area contributed by atoms with E-state index in [0.29, 0.717) is 12.8 Å². The van der Waals surface area contributed by atoms with Crippen LogP contribution in [-0.2, 0) is 14.3 Å². The van der Waals surface area contributed by atoms with Crippen LogP contribution in [0, 0.1) is 0 Å². The predicted octanol–water partition coefficient (Wildman–Crippen LogP) is 11.8. The zero-order chi connectivity index (χ0) is 46.7. The molecule has 0 aliphatic carbocycles. The van der Waals surface area contributed by atoms with E-state index in [1.807, 2.05) is 0 Å². The first-order valence-corrected chi connectivity index (χ1v) is 27.5. The monoisotopic (exact) mass is 912 g/mol. The summed E-state index contributed by atoms with van der Waals surface area (Å²) in [7, 11) is 0. The molecule has 1 amide bonds. The average molecular weight is 912 g/mol. The van der Waals surface area contributed by atoms with Gasteiger partial charge < -0.3 is 45.4 Å². The van der Waals surface area contributed by atoms with Crippen LogP contribution in [0.25, 0.3) is 0 Å². The Balaban J connectivity index is 2.22. The van der Waals surface area contributed by atoms with Gasteiger partial charge in [0, 0.05) is 0 Å². The lowest BCUT2D eigenvalue weighted by Gasteiger charge is -2.40. The Bertz CT molecular complexity index is 1030. The van der Waals surface area contributed by atoms with E-state index in [9.17, 15) is 35.4 Å². The van der Waals surface area contributed by atoms with Gasteiger partial charge in [-0.05, 0) is 38.5 Å². The lowest BCUT2D eigenvalue weighted by atomic mass is 9.99. The SMILES string of the molecule is CCCCCCCCCCCCCC/C=C\CCCCCCCCCCCCC(O)C(=O)NC(COC1OC(CO)C(O)C(O)C1O)C(O)CCCCCCCCCCCCCCC. The second kappa shape index (κ2) is 44.4. The van der Waals surface area contributed by atoms with Crippen molar-refractivity contribution < 1.29 is 44.9 Å². The molecule has 0 bridgehead atoms. The molecule has 0 saturated carbocycles. The highest BCUT2D eigenvalue weighted by atomic mass is 16.7. The topological polar surface area (TPSA) is 169 Å². The van der Waals surface area contributed by atoms with Crippen molar-refractivity contribution in [2.24, 2.45) is 0 Å². The Morgan fingerprint density at radius 1 is 0.516 bits per heavy atom. The minimum atomic E-state index is -1.59. The van der Waals surface area contributed by atoms with Crippen molar-refractivity contribution in [1.29, 1.82) is 0 Å². The smallest absolute Gasteiger partial charge is 0.249 e. The first kappa shape index (κ1) is 60.9. The maximum atomic E-state index is 13.1. The number of hydrogen-bond acceptors (Lipinski definition) is 9. The zero-order valence-electron chi connectivity index (χ0n) is 41.7. The van der Waals surface area contributed by atoms with Crippen LogP contribution in [0.15, 0.2) is 12.2 Å². The van der Waals surface area contributed by atoms with Crippen LogP contribution in [0.2, 0.25) is 0 Å². The van der Waals surface area contributed by atoms with Gasteiger partial charge in [-0.3, -0.25) is 4.79 Å². The Morgan fingerprint density at radius 2 is 0.875 bits per heavy atom. The van der Waals surface area contributed by atoms with Crippen molar-refractivity contribution in [3.63, 3.8) is 0 Å². The molecule has 10 heteroatoms. The number of allylic oxidation sites excluding steroid dienone is 2. The van der Waals surface area contributed by atoms with Crippen LogP contribution < -0.4 is 5.32 Å². The quantitative estimate of drug-likeness (QED) is 0.0232. The highest BCUT2D eigenvalue weighted by Gasteiger charge is 2.44. The second-order valence-electron chi connectivity index (χ2n) is 19.5. The number of ether oxygens (including phenoxy) is 2. The molecule has 8 unspecified atom stereocenters. The first-order chi connectivity index (χ1) is 31.3. The van der Waals surface area contributed by atoms with Gasteiger partial charge in [0.2, 0.25) is 5.91 Å². The van der Waals surface area contributed by atoms with Crippen molar-refractivity contribution >= 4 is 5.91 Å². The van der Waals surface area contributed by atoms with E-state index in [0.717, 1.165) is 51.4 Å². The minimum absolute atomic E-state index is 0.253. The average Bonchev–Trinajstić information content (AvgIpc) is 3.29. The molecule has 0 radical (unpaired) electrons. The molecule has 0 spiro atoms. The number of hydrogen-bond donors (Lipinski definition) is 7. The van der Waals surface area contributed by atoms with Gasteiger partial charge in [-0.15, -0.1) is 0 Å². The van der Waals surface area contributed by atoms with E-state index < -0.39 is 61.5 Å². The molecule has 1 saturated heterocycles. The molecular formula is C54H105NO9. The van der Waals surface area contributed by atoms with Gasteiger partial charge in [0.1, 0.15) is 30.5 Å². The lowest BCUT2D eigenvalue weighted by molar-refractivity contribution is -0.302. The molecule has 10 nitrogen and oxygen atoms in total. The minimum Gasteiger partial charge on any atom is -0.394 e. The molecule has 1 aliphatic heterocycles. The normalized spacial score (nSPS) is 20.5. The molecule has 0 aromatic carbocycles. The molecule has 1 aliphatic rings. The van der Waals surface area contributed by atoms with Crippen molar-refractivity contribution in [2.45, 2.75) is 313 Å². The Morgan fingerprint density at radius 3 is 1.27 bits per heavy atom. The van der Waals surface area contributed by atoms with Crippen LogP contribution in [0.3, 0.4) is 0 Å². The maximum absolute atomic E-state index is 13.1. The summed E-state index contributed by atoms with van der Waals surface area (Å²) >= 11 is 0. The van der Waals surface area contributed by atoms with Crippen LogP contribution in [0.5, 0.6) is 0 Å². The molecule has 8 atom stereocenters. The van der Waals surface area contributed by atoms with E-state index >= 15 is 0 Å². The fourth-order valence-corrected chi connectivity index (χ4v) is 8.99. The summed E-state index contributed by atoms with van der Waals surface area (Å²) in [5.41, 5.74) is 0. The number of amides is 1. The van der Waals surface area contributed by atoms with Crippen LogP contribution in [0.1, 0.15) is 264 Å². The molecule has 1 rings (SSSR count). The van der Waals surface area contributed by atoms with E-state index in [1.165, 1.54) is 186 Å². The molecule has 7 N–H and O–H groups in total. The lowest BCUT2D eigenvalue weighted by Crippen LogP contribution is -2.60. The van der Waals surface area contributed by atoms with Crippen LogP contribution >= 0.6 is 0 Å². The zero-order valence-corrected chi connectivity index (χ0v) is 41.7. The highest BCUT2D eigenvalue weighted by molar-refractivity contribution is 5.80. The standard InChI is InChI=1S/C54H105NO9/c1-3-5-7-9-11-13-15-17-18-19-20-21-22-23-24-25-26-27-28-29-31-33-35-37-39-41-43-48(58)53(62)55-46(45-63-54-52(61)51(60)50(59)49(44-56)64-54)47(57)42-40-38-36-34-32-30-16-14-12-10-8-6-4-2/h23-24,46-52,54,56-61H,3-22,25-45H2,1-2H3,(H,55,62)/b24-23-. The summed E-state index contributed by atoms with van der Waals surface area (Å²) < 4.78 is 11.2. The van der Waals surface area contributed by atoms with Gasteiger partial charge in [-0.1, -0.05) is 238 Å². The number of nitrogens with one attached hydrogen (secondary N) is 1. The maximum Gasteiger partial charge on any atom is 0.249 e. The van der Waals surface area contributed by atoms with Crippen molar-refractivity contribution in [3.8, 4) is 0 Å². The van der Waals surface area contributed by atoms with Crippen molar-refractivity contribution in [1.82, 2.24) is 5.32 Å². The molecule has 1 heterocycles. The summed E-state index contributed by atoms with van der Waals surface area (Å²) in [6.07, 6.45) is 42.8.